The van der Waals surface area contributed by atoms with Crippen LogP contribution in [-0.2, 0) is 24.4 Å². The minimum absolute atomic E-state index is 0.124. The Labute approximate surface area is 119 Å². The average Bonchev–Trinajstić information content (AvgIpc) is 2.92. The number of fused-ring (bicyclic) bond motifs is 2. The summed E-state index contributed by atoms with van der Waals surface area (Å²) in [5.41, 5.74) is 13.3. The molecule has 2 nitrogen and oxygen atoms in total. The Kier molecular flexibility index (Phi) is 2.86. The van der Waals surface area contributed by atoms with Gasteiger partial charge >= 0.3 is 0 Å². The van der Waals surface area contributed by atoms with Crippen molar-refractivity contribution >= 4 is 0 Å². The van der Waals surface area contributed by atoms with Gasteiger partial charge in [0, 0.05) is 6.04 Å². The van der Waals surface area contributed by atoms with Gasteiger partial charge in [0.2, 0.25) is 0 Å². The zero-order chi connectivity index (χ0) is 13.5. The molecule has 1 heterocycles. The molecule has 0 saturated heterocycles. The van der Waals surface area contributed by atoms with Gasteiger partial charge in [0.05, 0.1) is 13.2 Å². The van der Waals surface area contributed by atoms with Crippen LogP contribution in [0.5, 0.6) is 0 Å². The van der Waals surface area contributed by atoms with Gasteiger partial charge in [-0.25, -0.2) is 0 Å². The molecule has 2 unspecified atom stereocenters. The van der Waals surface area contributed by atoms with Crippen molar-refractivity contribution in [2.45, 2.75) is 38.0 Å². The summed E-state index contributed by atoms with van der Waals surface area (Å²) in [4.78, 5) is 0. The minimum atomic E-state index is 0.124. The molecule has 0 radical (unpaired) electrons. The first-order chi connectivity index (χ1) is 9.81. The molecule has 2 aliphatic rings. The predicted octanol–water partition coefficient (Wildman–Crippen LogP) is 3.45. The normalized spacial score (nSPS) is 20.9. The van der Waals surface area contributed by atoms with Crippen molar-refractivity contribution in [2.75, 3.05) is 0 Å². The van der Waals surface area contributed by atoms with Gasteiger partial charge in [0.25, 0.3) is 0 Å². The number of hydrogen-bond donors (Lipinski definition) is 1. The summed E-state index contributed by atoms with van der Waals surface area (Å²) in [6, 6.07) is 15.4. The van der Waals surface area contributed by atoms with Gasteiger partial charge in [-0.2, -0.15) is 0 Å². The summed E-state index contributed by atoms with van der Waals surface area (Å²) in [5.74, 6) is 0.630. The molecule has 0 spiro atoms. The van der Waals surface area contributed by atoms with Crippen molar-refractivity contribution in [3.05, 3.63) is 70.3 Å². The van der Waals surface area contributed by atoms with Gasteiger partial charge < -0.3 is 10.5 Å². The quantitative estimate of drug-likeness (QED) is 0.922. The van der Waals surface area contributed by atoms with E-state index in [9.17, 15) is 0 Å². The number of nitrogens with two attached hydrogens (primary N) is 1. The molecule has 0 amide bonds. The van der Waals surface area contributed by atoms with Crippen LogP contribution in [0.2, 0.25) is 0 Å². The Morgan fingerprint density at radius 1 is 1.05 bits per heavy atom. The van der Waals surface area contributed by atoms with Crippen LogP contribution in [0.15, 0.2) is 42.5 Å². The standard InChI is InChI=1S/C18H19NO/c19-18(9-15-7-12-3-1-2-4-17(12)15)13-5-6-14-10-20-11-16(14)8-13/h1-6,8,15,18H,7,9-11,19H2. The van der Waals surface area contributed by atoms with E-state index in [1.54, 1.807) is 0 Å². The molecule has 0 fully saturated rings. The highest BCUT2D eigenvalue weighted by Crippen LogP contribution is 2.40. The molecule has 1 aliphatic carbocycles. The van der Waals surface area contributed by atoms with Crippen LogP contribution < -0.4 is 5.73 Å². The fourth-order valence-electron chi connectivity index (χ4n) is 3.44. The molecular weight excluding hydrogens is 246 g/mol. The molecule has 20 heavy (non-hydrogen) atoms. The van der Waals surface area contributed by atoms with Gasteiger partial charge in [-0.1, -0.05) is 42.5 Å². The largest absolute Gasteiger partial charge is 0.372 e. The van der Waals surface area contributed by atoms with Crippen molar-refractivity contribution in [3.63, 3.8) is 0 Å². The Morgan fingerprint density at radius 2 is 1.90 bits per heavy atom. The highest BCUT2D eigenvalue weighted by atomic mass is 16.5. The molecule has 1 aliphatic heterocycles. The second-order valence-electron chi connectivity index (χ2n) is 5.96. The maximum Gasteiger partial charge on any atom is 0.0725 e. The molecule has 2 atom stereocenters. The molecule has 0 bridgehead atoms. The van der Waals surface area contributed by atoms with E-state index in [0.29, 0.717) is 5.92 Å². The summed E-state index contributed by atoms with van der Waals surface area (Å²) in [6.07, 6.45) is 2.22. The van der Waals surface area contributed by atoms with Crippen molar-refractivity contribution in [2.24, 2.45) is 5.73 Å². The molecule has 2 aromatic rings. The Morgan fingerprint density at radius 3 is 2.80 bits per heavy atom. The van der Waals surface area contributed by atoms with Crippen LogP contribution in [0.4, 0.5) is 0 Å². The van der Waals surface area contributed by atoms with Gasteiger partial charge in [-0.15, -0.1) is 0 Å². The number of ether oxygens (including phenoxy) is 1. The van der Waals surface area contributed by atoms with Crippen LogP contribution in [0.3, 0.4) is 0 Å². The lowest BCUT2D eigenvalue weighted by Crippen LogP contribution is -2.22. The summed E-state index contributed by atoms with van der Waals surface area (Å²) in [7, 11) is 0. The van der Waals surface area contributed by atoms with Gasteiger partial charge in [0.1, 0.15) is 0 Å². The third-order valence-electron chi connectivity index (χ3n) is 4.67. The first kappa shape index (κ1) is 12.1. The lowest BCUT2D eigenvalue weighted by atomic mass is 9.74. The third-order valence-corrected chi connectivity index (χ3v) is 4.67. The fourth-order valence-corrected chi connectivity index (χ4v) is 3.44. The predicted molar refractivity (Wildman–Crippen MR) is 79.4 cm³/mol. The second kappa shape index (κ2) is 4.72. The Bertz CT molecular complexity index is 650. The first-order valence-corrected chi connectivity index (χ1v) is 7.34. The first-order valence-electron chi connectivity index (χ1n) is 7.34. The molecule has 2 aromatic carbocycles. The lowest BCUT2D eigenvalue weighted by molar-refractivity contribution is 0.134. The van der Waals surface area contributed by atoms with Crippen LogP contribution >= 0.6 is 0 Å². The lowest BCUT2D eigenvalue weighted by Gasteiger charge is -2.32. The van der Waals surface area contributed by atoms with E-state index in [-0.39, 0.29) is 6.04 Å². The zero-order valence-electron chi connectivity index (χ0n) is 11.5. The van der Waals surface area contributed by atoms with E-state index >= 15 is 0 Å². The van der Waals surface area contributed by atoms with Crippen molar-refractivity contribution < 1.29 is 4.74 Å². The van der Waals surface area contributed by atoms with E-state index in [2.05, 4.69) is 42.5 Å². The van der Waals surface area contributed by atoms with Crippen molar-refractivity contribution in [3.8, 4) is 0 Å². The Hall–Kier alpha value is -1.64. The summed E-state index contributed by atoms with van der Waals surface area (Å²) < 4.78 is 5.47. The van der Waals surface area contributed by atoms with E-state index in [1.165, 1.54) is 34.2 Å². The molecule has 0 aromatic heterocycles. The maximum absolute atomic E-state index is 6.42. The minimum Gasteiger partial charge on any atom is -0.372 e. The van der Waals surface area contributed by atoms with Gasteiger partial charge in [-0.05, 0) is 46.6 Å². The zero-order valence-corrected chi connectivity index (χ0v) is 11.5. The fraction of sp³-hybridized carbons (Fsp3) is 0.333. The highest BCUT2D eigenvalue weighted by Gasteiger charge is 2.27. The van der Waals surface area contributed by atoms with Crippen LogP contribution in [0, 0.1) is 0 Å². The second-order valence-corrected chi connectivity index (χ2v) is 5.96. The number of rotatable bonds is 3. The van der Waals surface area contributed by atoms with Crippen LogP contribution in [-0.4, -0.2) is 0 Å². The number of benzene rings is 2. The number of hydrogen-bond acceptors (Lipinski definition) is 2. The molecule has 102 valence electrons. The van der Waals surface area contributed by atoms with E-state index in [4.69, 9.17) is 10.5 Å². The third kappa shape index (κ3) is 1.96. The van der Waals surface area contributed by atoms with E-state index < -0.39 is 0 Å². The summed E-state index contributed by atoms with van der Waals surface area (Å²) in [6.45, 7) is 1.49. The molecular formula is C18H19NO. The average molecular weight is 265 g/mol. The van der Waals surface area contributed by atoms with Gasteiger partial charge in [0.15, 0.2) is 0 Å². The Balaban J connectivity index is 1.50. The molecule has 2 heteroatoms. The van der Waals surface area contributed by atoms with Crippen LogP contribution in [0.1, 0.15) is 46.2 Å². The molecule has 0 saturated carbocycles. The monoisotopic (exact) mass is 265 g/mol. The smallest absolute Gasteiger partial charge is 0.0725 e. The highest BCUT2D eigenvalue weighted by molar-refractivity contribution is 5.41. The van der Waals surface area contributed by atoms with Crippen molar-refractivity contribution in [1.29, 1.82) is 0 Å². The molecule has 2 N–H and O–H groups in total. The van der Waals surface area contributed by atoms with Crippen molar-refractivity contribution in [1.82, 2.24) is 0 Å². The summed E-state index contributed by atoms with van der Waals surface area (Å²) >= 11 is 0. The van der Waals surface area contributed by atoms with E-state index in [1.807, 2.05) is 0 Å². The topological polar surface area (TPSA) is 35.2 Å². The van der Waals surface area contributed by atoms with Crippen LogP contribution in [0.25, 0.3) is 0 Å². The maximum atomic E-state index is 6.42. The van der Waals surface area contributed by atoms with Gasteiger partial charge in [-0.3, -0.25) is 0 Å². The van der Waals surface area contributed by atoms with E-state index in [0.717, 1.165) is 19.6 Å². The molecule has 4 rings (SSSR count). The SMILES string of the molecule is NC(CC1Cc2ccccc21)c1ccc2c(c1)COC2. The summed E-state index contributed by atoms with van der Waals surface area (Å²) in [5, 5.41) is 0.